The van der Waals surface area contributed by atoms with Crippen LogP contribution in [0.5, 0.6) is 5.88 Å². The molecule has 2 aliphatic heterocycles. The number of fused-ring (bicyclic) bond motifs is 3. The molecular weight excluding hydrogens is 982 g/mol. The molecule has 378 valence electrons. The second kappa shape index (κ2) is 20.0. The molecule has 0 unspecified atom stereocenters. The summed E-state index contributed by atoms with van der Waals surface area (Å²) in [5.41, 5.74) is 9.55. The van der Waals surface area contributed by atoms with Gasteiger partial charge in [0.15, 0.2) is 5.82 Å². The third-order valence-corrected chi connectivity index (χ3v) is 16.5. The molecule has 3 amide bonds. The van der Waals surface area contributed by atoms with Gasteiger partial charge < -0.3 is 25.4 Å². The highest BCUT2D eigenvalue weighted by Gasteiger charge is 2.45. The molecule has 0 radical (unpaired) electrons. The van der Waals surface area contributed by atoms with Gasteiger partial charge in [-0.3, -0.25) is 28.6 Å². The molecule has 7 aromatic rings. The van der Waals surface area contributed by atoms with Crippen molar-refractivity contribution in [1.82, 2.24) is 50.0 Å². The van der Waals surface area contributed by atoms with Crippen molar-refractivity contribution in [2.45, 2.75) is 123 Å². The summed E-state index contributed by atoms with van der Waals surface area (Å²) in [7, 11) is 0. The van der Waals surface area contributed by atoms with Crippen LogP contribution in [0.2, 0.25) is 5.02 Å². The average Bonchev–Trinajstić information content (AvgIpc) is 4.19. The van der Waals surface area contributed by atoms with Crippen molar-refractivity contribution in [2.24, 2.45) is 10.4 Å². The topological polar surface area (TPSA) is 195 Å². The van der Waals surface area contributed by atoms with Crippen molar-refractivity contribution < 1.29 is 24.2 Å². The summed E-state index contributed by atoms with van der Waals surface area (Å²) < 4.78 is 10.0. The molecule has 0 spiro atoms. The number of carbonyl (C=O) groups is 3. The molecule has 3 aliphatic rings. The lowest BCUT2D eigenvalue weighted by Crippen LogP contribution is -2.50. The molecule has 10 rings (SSSR count). The number of aliphatic hydroxyl groups is 1. The largest absolute Gasteiger partial charge is 0.474 e. The highest BCUT2D eigenvalue weighted by molar-refractivity contribution is 7.15. The summed E-state index contributed by atoms with van der Waals surface area (Å²) in [5.74, 6) is 1.02. The zero-order chi connectivity index (χ0) is 51.5. The Balaban J connectivity index is 0.772. The van der Waals surface area contributed by atoms with E-state index in [1.165, 1.54) is 9.78 Å². The van der Waals surface area contributed by atoms with E-state index in [0.29, 0.717) is 29.6 Å². The number of rotatable bonds is 13. The molecule has 73 heavy (non-hydrogen) atoms. The summed E-state index contributed by atoms with van der Waals surface area (Å²) >= 11 is 9.54. The number of ether oxygens (including phenoxy) is 1. The van der Waals surface area contributed by atoms with Crippen LogP contribution in [0, 0.1) is 33.1 Å². The van der Waals surface area contributed by atoms with Crippen LogP contribution in [0.1, 0.15) is 116 Å². The Morgan fingerprint density at radius 2 is 1.67 bits per heavy atom. The molecule has 1 saturated heterocycles. The molecule has 19 heteroatoms. The van der Waals surface area contributed by atoms with Gasteiger partial charge in [-0.05, 0) is 80.5 Å². The van der Waals surface area contributed by atoms with E-state index in [9.17, 15) is 19.5 Å². The van der Waals surface area contributed by atoms with Gasteiger partial charge in [-0.25, -0.2) is 9.97 Å². The van der Waals surface area contributed by atoms with Crippen molar-refractivity contribution in [1.29, 1.82) is 0 Å². The van der Waals surface area contributed by atoms with Gasteiger partial charge >= 0.3 is 0 Å². The van der Waals surface area contributed by atoms with Crippen molar-refractivity contribution >= 4 is 57.7 Å². The Hall–Kier alpha value is -6.60. The SMILES string of the molecule is Cc1ncsc1-c1ccc([C@H](C)NC(=O)[C@@H]2C[C@@H](O)CN2C(=O)[C@H](n2cc(-c3ccnc(O[C@H]4C[C@H](NC(=O)C[C@@H]5N=C(c6ccc(Cl)cc6)c6c(sc(C)c6C)-n6c(C)nnc65)C4)c3)cn2)C(C)(C)C)cc1. The first kappa shape index (κ1) is 50.0. The first-order valence-electron chi connectivity index (χ1n) is 24.5. The number of aliphatic imine (C=N–C) groups is 1. The molecule has 1 saturated carbocycles. The fourth-order valence-electron chi connectivity index (χ4n) is 10.1. The number of thiophene rings is 1. The number of aromatic nitrogens is 7. The van der Waals surface area contributed by atoms with Crippen molar-refractivity contribution in [3.8, 4) is 32.4 Å². The first-order valence-corrected chi connectivity index (χ1v) is 26.6. The number of hydrogen-bond donors (Lipinski definition) is 3. The summed E-state index contributed by atoms with van der Waals surface area (Å²) in [6.07, 6.45) is 5.61. The number of hydrogen-bond acceptors (Lipinski definition) is 13. The molecule has 7 heterocycles. The maximum Gasteiger partial charge on any atom is 0.248 e. The maximum absolute atomic E-state index is 14.6. The number of pyridine rings is 1. The van der Waals surface area contributed by atoms with E-state index < -0.39 is 29.6 Å². The van der Waals surface area contributed by atoms with Crippen LogP contribution in [-0.2, 0) is 14.4 Å². The third-order valence-electron chi connectivity index (χ3n) is 14.1. The third kappa shape index (κ3) is 10.1. The van der Waals surface area contributed by atoms with Crippen LogP contribution in [-0.4, -0.2) is 98.8 Å². The minimum atomic E-state index is -0.857. The molecule has 2 aromatic carbocycles. The normalized spacial score (nSPS) is 20.3. The smallest absolute Gasteiger partial charge is 0.248 e. The molecule has 1 aliphatic carbocycles. The minimum Gasteiger partial charge on any atom is -0.474 e. The Kier molecular flexibility index (Phi) is 13.7. The van der Waals surface area contributed by atoms with Gasteiger partial charge in [0.2, 0.25) is 23.6 Å². The highest BCUT2D eigenvalue weighted by atomic mass is 35.5. The molecule has 16 nitrogen and oxygen atoms in total. The number of thiazole rings is 1. The van der Waals surface area contributed by atoms with E-state index in [1.54, 1.807) is 39.7 Å². The van der Waals surface area contributed by atoms with Gasteiger partial charge in [-0.2, -0.15) is 5.10 Å². The van der Waals surface area contributed by atoms with E-state index in [-0.39, 0.29) is 55.3 Å². The lowest BCUT2D eigenvalue weighted by Gasteiger charge is -2.35. The van der Waals surface area contributed by atoms with Crippen molar-refractivity contribution in [2.75, 3.05) is 6.54 Å². The number of halogens is 1. The Bertz CT molecular complexity index is 3240. The zero-order valence-corrected chi connectivity index (χ0v) is 44.3. The van der Waals surface area contributed by atoms with E-state index in [4.69, 9.17) is 26.4 Å². The molecule has 0 bridgehead atoms. The van der Waals surface area contributed by atoms with Gasteiger partial charge in [0.25, 0.3) is 0 Å². The maximum atomic E-state index is 14.6. The number of amides is 3. The molecule has 2 fully saturated rings. The highest BCUT2D eigenvalue weighted by Crippen LogP contribution is 2.41. The van der Waals surface area contributed by atoms with E-state index >= 15 is 0 Å². The Morgan fingerprint density at radius 3 is 2.38 bits per heavy atom. The molecule has 5 aromatic heterocycles. The predicted molar refractivity (Wildman–Crippen MR) is 282 cm³/mol. The second-order valence-corrected chi connectivity index (χ2v) is 23.0. The lowest BCUT2D eigenvalue weighted by molar-refractivity contribution is -0.144. The number of likely N-dealkylation sites (tertiary alicyclic amines) is 1. The standard InChI is InChI=1S/C54H58ClN11O5S2/c1-28-31(4)73-53-46(28)47(34-13-15-38(55)16-14-34)61-42(50-63-62-32(5)66(50)53)23-44(68)60-39-20-41(21-39)71-45-19-36(17-18-56-45)37-24-58-65(25-37)49(54(6,7)8)52(70)64-26-40(67)22-43(64)51(69)59-29(2)33-9-11-35(12-10-33)48-30(3)57-27-72-48/h9-19,24-25,27,29,39-43,49,67H,20-23,26H2,1-8H3,(H,59,69)(H,60,68)/t29-,39-,40+,41-,42-,43-,49-/m0/s1. The average molecular weight is 1040 g/mol. The Morgan fingerprint density at radius 1 is 0.932 bits per heavy atom. The summed E-state index contributed by atoms with van der Waals surface area (Å²) in [6.45, 7) is 15.9. The van der Waals surface area contributed by atoms with Crippen LogP contribution >= 0.6 is 34.3 Å². The van der Waals surface area contributed by atoms with E-state index in [1.807, 2.05) is 118 Å². The van der Waals surface area contributed by atoms with Crippen LogP contribution in [0.4, 0.5) is 0 Å². The van der Waals surface area contributed by atoms with E-state index in [0.717, 1.165) is 66.1 Å². The number of nitrogens with one attached hydrogen (secondary N) is 2. The number of carbonyl (C=O) groups excluding carboxylic acids is 3. The quantitative estimate of drug-likeness (QED) is 0.100. The summed E-state index contributed by atoms with van der Waals surface area (Å²) in [5, 5.41) is 32.4. The number of aryl methyl sites for hydroxylation is 3. The Labute approximate surface area is 436 Å². The molecule has 3 N–H and O–H groups in total. The number of nitrogens with zero attached hydrogens (tertiary/aromatic N) is 9. The van der Waals surface area contributed by atoms with Gasteiger partial charge in [-0.15, -0.1) is 32.9 Å². The van der Waals surface area contributed by atoms with Gasteiger partial charge in [0, 0.05) is 76.9 Å². The summed E-state index contributed by atoms with van der Waals surface area (Å²) in [6, 6.07) is 16.7. The van der Waals surface area contributed by atoms with Crippen molar-refractivity contribution in [3.63, 3.8) is 0 Å². The van der Waals surface area contributed by atoms with Gasteiger partial charge in [0.05, 0.1) is 46.6 Å². The fourth-order valence-corrected chi connectivity index (χ4v) is 12.2. The number of benzene rings is 2. The minimum absolute atomic E-state index is 0.0341. The number of β-amino-alcohol motifs (C(OH)–C–C–N with tert-alkyl or cyclic N) is 1. The second-order valence-electron chi connectivity index (χ2n) is 20.5. The summed E-state index contributed by atoms with van der Waals surface area (Å²) in [4.78, 5) is 60.2. The molecular formula is C54H58ClN11O5S2. The van der Waals surface area contributed by atoms with Crippen LogP contribution in [0.3, 0.4) is 0 Å². The van der Waals surface area contributed by atoms with Crippen LogP contribution < -0.4 is 15.4 Å². The van der Waals surface area contributed by atoms with Gasteiger partial charge in [-0.1, -0.05) is 68.8 Å². The monoisotopic (exact) mass is 1040 g/mol. The van der Waals surface area contributed by atoms with Crippen LogP contribution in [0.15, 0.2) is 89.8 Å². The van der Waals surface area contributed by atoms with Crippen LogP contribution in [0.25, 0.3) is 26.6 Å². The van der Waals surface area contributed by atoms with E-state index in [2.05, 4.69) is 44.6 Å². The fraction of sp³-hybridized carbons (Fsp3) is 0.389. The zero-order valence-electron chi connectivity index (χ0n) is 42.0. The molecule has 5 atom stereocenters. The number of aliphatic hydroxyl groups excluding tert-OH is 1. The van der Waals surface area contributed by atoms with Crippen molar-refractivity contribution in [3.05, 3.63) is 134 Å². The van der Waals surface area contributed by atoms with Gasteiger partial charge in [0.1, 0.15) is 35.1 Å². The lowest BCUT2D eigenvalue weighted by atomic mass is 9.85. The predicted octanol–water partition coefficient (Wildman–Crippen LogP) is 9.03. The first-order chi connectivity index (χ1) is 34.9.